The lowest BCUT2D eigenvalue weighted by molar-refractivity contribution is 0.0566. The van der Waals surface area contributed by atoms with Crippen LogP contribution in [0.1, 0.15) is 28.6 Å². The lowest BCUT2D eigenvalue weighted by Crippen LogP contribution is -2.49. The Morgan fingerprint density at radius 2 is 2.00 bits per heavy atom. The van der Waals surface area contributed by atoms with Crippen LogP contribution in [0.25, 0.3) is 11.0 Å². The first-order valence-corrected chi connectivity index (χ1v) is 9.19. The molecule has 6 nitrogen and oxygen atoms in total. The van der Waals surface area contributed by atoms with Crippen LogP contribution in [0, 0.1) is 5.92 Å². The van der Waals surface area contributed by atoms with Crippen molar-refractivity contribution in [2.24, 2.45) is 5.92 Å². The fourth-order valence-electron chi connectivity index (χ4n) is 4.52. The third-order valence-corrected chi connectivity index (χ3v) is 5.71. The number of carbonyl (C=O) groups excluding carboxylic acids is 1. The number of ether oxygens (including phenoxy) is 1. The Labute approximate surface area is 155 Å². The van der Waals surface area contributed by atoms with E-state index in [-0.39, 0.29) is 17.4 Å². The van der Waals surface area contributed by atoms with Crippen molar-refractivity contribution < 1.29 is 13.9 Å². The zero-order valence-electron chi connectivity index (χ0n) is 15.1. The van der Waals surface area contributed by atoms with Crippen LogP contribution in [0.4, 0.5) is 0 Å². The number of likely N-dealkylation sites (tertiary alicyclic amines) is 1. The van der Waals surface area contributed by atoms with Crippen LogP contribution in [0.15, 0.2) is 51.7 Å². The molecule has 0 spiro atoms. The molecule has 0 aliphatic carbocycles. The highest BCUT2D eigenvalue weighted by molar-refractivity contribution is 5.97. The van der Waals surface area contributed by atoms with E-state index in [2.05, 4.69) is 0 Å². The van der Waals surface area contributed by atoms with Gasteiger partial charge >= 0.3 is 0 Å². The molecule has 5 rings (SSSR count). The van der Waals surface area contributed by atoms with Crippen molar-refractivity contribution >= 4 is 16.9 Å². The molecule has 1 fully saturated rings. The van der Waals surface area contributed by atoms with E-state index in [1.54, 1.807) is 25.3 Å². The Morgan fingerprint density at radius 1 is 1.15 bits per heavy atom. The smallest absolute Gasteiger partial charge is 0.289 e. The number of pyridine rings is 1. The van der Waals surface area contributed by atoms with Crippen LogP contribution < -0.4 is 10.3 Å². The van der Waals surface area contributed by atoms with Gasteiger partial charge in [0, 0.05) is 42.7 Å². The molecular weight excluding hydrogens is 344 g/mol. The van der Waals surface area contributed by atoms with Gasteiger partial charge < -0.3 is 18.6 Å². The molecule has 2 bridgehead atoms. The number of piperidine rings is 1. The molecule has 138 valence electrons. The third-order valence-electron chi connectivity index (χ3n) is 5.71. The molecule has 3 aromatic rings. The standard InChI is InChI=1S/C21H20N2O4/c1-26-17-6-2-4-14-9-18(27-20(14)17)21(25)22-10-13-8-15(12-22)16-5-3-7-19(24)23(16)11-13/h2-7,9,13,15H,8,10-12H2,1H3/t13-,15+/m1/s1. The molecular formula is C21H20N2O4. The fraction of sp³-hybridized carbons (Fsp3) is 0.333. The van der Waals surface area contributed by atoms with Gasteiger partial charge in [-0.15, -0.1) is 0 Å². The second-order valence-electron chi connectivity index (χ2n) is 7.40. The van der Waals surface area contributed by atoms with Crippen molar-refractivity contribution in [1.29, 1.82) is 0 Å². The Morgan fingerprint density at radius 3 is 2.85 bits per heavy atom. The summed E-state index contributed by atoms with van der Waals surface area (Å²) in [5, 5.41) is 0.854. The summed E-state index contributed by atoms with van der Waals surface area (Å²) in [4.78, 5) is 27.1. The lowest BCUT2D eigenvalue weighted by atomic mass is 9.83. The lowest BCUT2D eigenvalue weighted by Gasteiger charge is -2.42. The van der Waals surface area contributed by atoms with E-state index < -0.39 is 0 Å². The van der Waals surface area contributed by atoms with Crippen molar-refractivity contribution in [2.45, 2.75) is 18.9 Å². The summed E-state index contributed by atoms with van der Waals surface area (Å²) >= 11 is 0. The van der Waals surface area contributed by atoms with Crippen LogP contribution in [-0.4, -0.2) is 35.6 Å². The molecule has 1 saturated heterocycles. The molecule has 6 heteroatoms. The van der Waals surface area contributed by atoms with Crippen molar-refractivity contribution in [2.75, 3.05) is 20.2 Å². The highest BCUT2D eigenvalue weighted by atomic mass is 16.5. The van der Waals surface area contributed by atoms with Gasteiger partial charge in [0.15, 0.2) is 17.1 Å². The summed E-state index contributed by atoms with van der Waals surface area (Å²) < 4.78 is 13.0. The zero-order valence-corrected chi connectivity index (χ0v) is 15.1. The Hall–Kier alpha value is -3.02. The van der Waals surface area contributed by atoms with Gasteiger partial charge in [-0.25, -0.2) is 0 Å². The first-order valence-electron chi connectivity index (χ1n) is 9.19. The van der Waals surface area contributed by atoms with E-state index in [1.807, 2.05) is 33.7 Å². The number of methoxy groups -OCH3 is 1. The SMILES string of the molecule is COc1cccc2cc(C(=O)N3C[C@H]4C[C@@H](C3)c3cccc(=O)n3C4)oc12. The molecule has 4 heterocycles. The predicted octanol–water partition coefficient (Wildman–Crippen LogP) is 2.86. The average Bonchev–Trinajstić information content (AvgIpc) is 3.12. The number of benzene rings is 1. The molecule has 2 aliphatic heterocycles. The van der Waals surface area contributed by atoms with Gasteiger partial charge in [0.1, 0.15) is 0 Å². The molecule has 1 amide bonds. The van der Waals surface area contributed by atoms with E-state index in [9.17, 15) is 9.59 Å². The Bertz CT molecular complexity index is 1100. The minimum absolute atomic E-state index is 0.0476. The monoisotopic (exact) mass is 364 g/mol. The summed E-state index contributed by atoms with van der Waals surface area (Å²) in [6, 6.07) is 12.8. The first kappa shape index (κ1) is 16.2. The maximum atomic E-state index is 13.1. The molecule has 27 heavy (non-hydrogen) atoms. The molecule has 0 radical (unpaired) electrons. The highest BCUT2D eigenvalue weighted by Gasteiger charge is 2.37. The van der Waals surface area contributed by atoms with Gasteiger partial charge in [-0.1, -0.05) is 18.2 Å². The summed E-state index contributed by atoms with van der Waals surface area (Å²) in [5.41, 5.74) is 1.67. The summed E-state index contributed by atoms with van der Waals surface area (Å²) in [7, 11) is 1.59. The fourth-order valence-corrected chi connectivity index (χ4v) is 4.52. The number of rotatable bonds is 2. The quantitative estimate of drug-likeness (QED) is 0.701. The first-order chi connectivity index (χ1) is 13.1. The van der Waals surface area contributed by atoms with Gasteiger partial charge in [-0.05, 0) is 30.5 Å². The van der Waals surface area contributed by atoms with E-state index in [0.717, 1.165) is 17.5 Å². The number of nitrogens with zero attached hydrogens (tertiary/aromatic N) is 2. The van der Waals surface area contributed by atoms with Gasteiger partial charge in [0.05, 0.1) is 7.11 Å². The normalized spacial score (nSPS) is 21.1. The van der Waals surface area contributed by atoms with Gasteiger partial charge in [-0.2, -0.15) is 0 Å². The number of para-hydroxylation sites is 1. The third kappa shape index (κ3) is 2.55. The summed E-state index contributed by atoms with van der Waals surface area (Å²) in [6.07, 6.45) is 1.02. The predicted molar refractivity (Wildman–Crippen MR) is 100 cm³/mol. The van der Waals surface area contributed by atoms with Crippen LogP contribution in [-0.2, 0) is 6.54 Å². The van der Waals surface area contributed by atoms with Crippen molar-refractivity contribution in [1.82, 2.24) is 9.47 Å². The summed E-state index contributed by atoms with van der Waals surface area (Å²) in [5.74, 6) is 1.33. The molecule has 0 saturated carbocycles. The van der Waals surface area contributed by atoms with Crippen molar-refractivity contribution in [3.63, 3.8) is 0 Å². The second kappa shape index (κ2) is 6.01. The number of hydrogen-bond donors (Lipinski definition) is 0. The number of aromatic nitrogens is 1. The number of hydrogen-bond acceptors (Lipinski definition) is 4. The number of carbonyl (C=O) groups is 1. The van der Waals surface area contributed by atoms with Gasteiger partial charge in [-0.3, -0.25) is 9.59 Å². The molecule has 1 aromatic carbocycles. The van der Waals surface area contributed by atoms with Gasteiger partial charge in [0.25, 0.3) is 11.5 Å². The molecule has 0 N–H and O–H groups in total. The van der Waals surface area contributed by atoms with E-state index >= 15 is 0 Å². The highest BCUT2D eigenvalue weighted by Crippen LogP contribution is 2.36. The maximum absolute atomic E-state index is 13.1. The van der Waals surface area contributed by atoms with Crippen LogP contribution in [0.2, 0.25) is 0 Å². The topological polar surface area (TPSA) is 64.7 Å². The minimum Gasteiger partial charge on any atom is -0.493 e. The van der Waals surface area contributed by atoms with E-state index in [1.165, 1.54) is 0 Å². The van der Waals surface area contributed by atoms with Gasteiger partial charge in [0.2, 0.25) is 0 Å². The van der Waals surface area contributed by atoms with Crippen LogP contribution in [0.5, 0.6) is 5.75 Å². The maximum Gasteiger partial charge on any atom is 0.289 e. The average molecular weight is 364 g/mol. The van der Waals surface area contributed by atoms with Crippen molar-refractivity contribution in [3.05, 3.63) is 64.3 Å². The largest absolute Gasteiger partial charge is 0.493 e. The molecule has 2 aromatic heterocycles. The Kier molecular flexibility index (Phi) is 3.60. The van der Waals surface area contributed by atoms with E-state index in [4.69, 9.17) is 9.15 Å². The number of furan rings is 1. The molecule has 2 aliphatic rings. The molecule has 2 atom stereocenters. The van der Waals surface area contributed by atoms with Crippen molar-refractivity contribution in [3.8, 4) is 5.75 Å². The van der Waals surface area contributed by atoms with Crippen LogP contribution >= 0.6 is 0 Å². The number of fused-ring (bicyclic) bond motifs is 5. The number of amides is 1. The second-order valence-corrected chi connectivity index (χ2v) is 7.40. The zero-order chi connectivity index (χ0) is 18.5. The molecule has 0 unspecified atom stereocenters. The summed E-state index contributed by atoms with van der Waals surface area (Å²) in [6.45, 7) is 1.92. The minimum atomic E-state index is -0.102. The Balaban J connectivity index is 1.46. The van der Waals surface area contributed by atoms with E-state index in [0.29, 0.717) is 42.6 Å². The van der Waals surface area contributed by atoms with Crippen LogP contribution in [0.3, 0.4) is 0 Å².